The number of anilines is 1. The number of fused-ring (bicyclic) bond motifs is 3. The third-order valence-electron chi connectivity index (χ3n) is 4.85. The van der Waals surface area contributed by atoms with Crippen LogP contribution in [0.25, 0.3) is 11.3 Å². The van der Waals surface area contributed by atoms with Crippen LogP contribution >= 0.6 is 30.5 Å². The van der Waals surface area contributed by atoms with Gasteiger partial charge < -0.3 is 9.05 Å². The Morgan fingerprint density at radius 3 is 2.47 bits per heavy atom. The third-order valence-corrected chi connectivity index (χ3v) is 9.60. The number of hydrogen-bond donors (Lipinski definition) is 1. The van der Waals surface area contributed by atoms with Gasteiger partial charge in [0.05, 0.1) is 30.0 Å². The summed E-state index contributed by atoms with van der Waals surface area (Å²) < 4.78 is 51.6. The zero-order valence-electron chi connectivity index (χ0n) is 17.5. The minimum atomic E-state index is -3.82. The quantitative estimate of drug-likeness (QED) is 0.279. The van der Waals surface area contributed by atoms with Crippen molar-refractivity contribution in [3.8, 4) is 11.3 Å². The highest BCUT2D eigenvalue weighted by atomic mass is 35.5. The lowest BCUT2D eigenvalue weighted by molar-refractivity contribution is 0.219. The minimum Gasteiger partial charge on any atom is -0.309 e. The number of rotatable bonds is 9. The molecule has 0 amide bonds. The number of halogens is 1. The maximum Gasteiger partial charge on any atom is 0.335 e. The van der Waals surface area contributed by atoms with Crippen LogP contribution in [0.1, 0.15) is 29.9 Å². The Hall–Kier alpha value is -1.74. The van der Waals surface area contributed by atoms with E-state index >= 15 is 0 Å². The van der Waals surface area contributed by atoms with Gasteiger partial charge in [-0.2, -0.15) is 0 Å². The van der Waals surface area contributed by atoms with Crippen LogP contribution in [-0.2, 0) is 36.2 Å². The number of aromatic nitrogens is 1. The number of sulfonamides is 1. The van der Waals surface area contributed by atoms with E-state index in [0.29, 0.717) is 22.1 Å². The Labute approximate surface area is 196 Å². The second-order valence-corrected chi connectivity index (χ2v) is 12.4. The standard InChI is InChI=1S/C21H22ClN2O5PS2/c1-3-28-30(25,29-4-2)13-14-5-8-17(9-6-14)32(26,27)24-21-23-20-18-10-7-16(22)11-15(18)12-19(20)31-21/h5-11H,3-4,12-13H2,1-2H3,(H,23,24). The second-order valence-electron chi connectivity index (χ2n) is 7.12. The normalized spacial score (nSPS) is 13.1. The largest absolute Gasteiger partial charge is 0.335 e. The SMILES string of the molecule is CCOP(=O)(Cc1ccc(S(=O)(=O)Nc2nc3c(s2)Cc2cc(Cl)ccc2-3)cc1)OCC. The monoisotopic (exact) mass is 512 g/mol. The van der Waals surface area contributed by atoms with E-state index in [0.717, 1.165) is 21.7 Å². The molecule has 0 unspecified atom stereocenters. The van der Waals surface area contributed by atoms with E-state index in [1.165, 1.54) is 23.5 Å². The summed E-state index contributed by atoms with van der Waals surface area (Å²) in [6.07, 6.45) is 0.754. The summed E-state index contributed by atoms with van der Waals surface area (Å²) >= 11 is 7.37. The average molecular weight is 513 g/mol. The highest BCUT2D eigenvalue weighted by Crippen LogP contribution is 2.51. The van der Waals surface area contributed by atoms with Crippen LogP contribution in [-0.4, -0.2) is 26.6 Å². The molecule has 1 aliphatic rings. The molecule has 0 bridgehead atoms. The van der Waals surface area contributed by atoms with Crippen molar-refractivity contribution in [1.82, 2.24) is 4.98 Å². The van der Waals surface area contributed by atoms with Gasteiger partial charge in [0.25, 0.3) is 10.0 Å². The summed E-state index contributed by atoms with van der Waals surface area (Å²) in [4.78, 5) is 5.58. The lowest BCUT2D eigenvalue weighted by atomic mass is 10.1. The van der Waals surface area contributed by atoms with Crippen molar-refractivity contribution in [3.63, 3.8) is 0 Å². The average Bonchev–Trinajstić information content (AvgIpc) is 3.24. The van der Waals surface area contributed by atoms with Gasteiger partial charge in [0.1, 0.15) is 0 Å². The van der Waals surface area contributed by atoms with Crippen LogP contribution in [0.2, 0.25) is 5.02 Å². The molecule has 3 aromatic rings. The maximum absolute atomic E-state index is 12.9. The number of hydrogen-bond acceptors (Lipinski definition) is 7. The highest BCUT2D eigenvalue weighted by Gasteiger charge is 2.27. The molecular formula is C21H22ClN2O5PS2. The van der Waals surface area contributed by atoms with Crippen LogP contribution in [0.5, 0.6) is 0 Å². The first kappa shape index (κ1) is 23.4. The Balaban J connectivity index is 1.50. The Morgan fingerprint density at radius 2 is 1.81 bits per heavy atom. The summed E-state index contributed by atoms with van der Waals surface area (Å²) in [5, 5.41) is 0.985. The summed E-state index contributed by atoms with van der Waals surface area (Å²) in [6, 6.07) is 11.8. The molecule has 1 heterocycles. The first-order valence-corrected chi connectivity index (χ1v) is 14.4. The van der Waals surface area contributed by atoms with E-state index in [-0.39, 0.29) is 24.3 Å². The van der Waals surface area contributed by atoms with Crippen molar-refractivity contribution in [2.24, 2.45) is 0 Å². The Kier molecular flexibility index (Phi) is 6.77. The van der Waals surface area contributed by atoms with Crippen molar-refractivity contribution in [2.75, 3.05) is 17.9 Å². The molecule has 0 aliphatic heterocycles. The number of nitrogens with zero attached hydrogens (tertiary/aromatic N) is 1. The van der Waals surface area contributed by atoms with Crippen molar-refractivity contribution < 1.29 is 22.0 Å². The Bertz CT molecular complexity index is 1280. The van der Waals surface area contributed by atoms with E-state index < -0.39 is 17.6 Å². The zero-order chi connectivity index (χ0) is 22.9. The maximum atomic E-state index is 12.9. The fourth-order valence-electron chi connectivity index (χ4n) is 3.53. The van der Waals surface area contributed by atoms with Gasteiger partial charge in [-0.15, -0.1) is 11.3 Å². The van der Waals surface area contributed by atoms with E-state index in [1.807, 2.05) is 12.1 Å². The molecule has 0 atom stereocenters. The number of benzene rings is 2. The minimum absolute atomic E-state index is 0.0745. The summed E-state index contributed by atoms with van der Waals surface area (Å²) in [5.74, 6) is 0. The molecule has 0 saturated heterocycles. The molecule has 11 heteroatoms. The molecule has 7 nitrogen and oxygen atoms in total. The second kappa shape index (κ2) is 9.25. The first-order chi connectivity index (χ1) is 15.2. The molecule has 2 aromatic carbocycles. The van der Waals surface area contributed by atoms with Crippen molar-refractivity contribution in [1.29, 1.82) is 0 Å². The van der Waals surface area contributed by atoms with Crippen LogP contribution in [0.3, 0.4) is 0 Å². The molecule has 32 heavy (non-hydrogen) atoms. The lowest BCUT2D eigenvalue weighted by Gasteiger charge is -2.17. The van der Waals surface area contributed by atoms with Gasteiger partial charge >= 0.3 is 7.60 Å². The fourth-order valence-corrected chi connectivity index (χ4v) is 7.66. The predicted molar refractivity (Wildman–Crippen MR) is 127 cm³/mol. The van der Waals surface area contributed by atoms with Crippen molar-refractivity contribution in [2.45, 2.75) is 31.3 Å². The predicted octanol–water partition coefficient (Wildman–Crippen LogP) is 5.93. The molecule has 1 aromatic heterocycles. The van der Waals surface area contributed by atoms with Gasteiger partial charge in [0, 0.05) is 21.9 Å². The third kappa shape index (κ3) is 4.93. The topological polar surface area (TPSA) is 94.6 Å². The van der Waals surface area contributed by atoms with Gasteiger partial charge in [0.2, 0.25) is 0 Å². The van der Waals surface area contributed by atoms with Crippen LogP contribution in [0.4, 0.5) is 5.13 Å². The Morgan fingerprint density at radius 1 is 1.12 bits per heavy atom. The first-order valence-electron chi connectivity index (χ1n) is 10.0. The molecule has 0 spiro atoms. The van der Waals surface area contributed by atoms with Gasteiger partial charge in [-0.3, -0.25) is 9.29 Å². The molecule has 0 radical (unpaired) electrons. The van der Waals surface area contributed by atoms with Crippen LogP contribution in [0.15, 0.2) is 47.4 Å². The van der Waals surface area contributed by atoms with E-state index in [9.17, 15) is 13.0 Å². The fraction of sp³-hybridized carbons (Fsp3) is 0.286. The molecule has 1 N–H and O–H groups in total. The van der Waals surface area contributed by atoms with Crippen LogP contribution in [0, 0.1) is 0 Å². The number of nitrogens with one attached hydrogen (secondary N) is 1. The van der Waals surface area contributed by atoms with Crippen LogP contribution < -0.4 is 4.72 Å². The highest BCUT2D eigenvalue weighted by molar-refractivity contribution is 7.93. The summed E-state index contributed by atoms with van der Waals surface area (Å²) in [7, 11) is -7.08. The number of thiazole rings is 1. The smallest absolute Gasteiger partial charge is 0.309 e. The summed E-state index contributed by atoms with van der Waals surface area (Å²) in [6.45, 7) is 4.02. The van der Waals surface area contributed by atoms with Crippen molar-refractivity contribution >= 4 is 45.7 Å². The van der Waals surface area contributed by atoms with Crippen molar-refractivity contribution in [3.05, 3.63) is 63.5 Å². The molecule has 0 saturated carbocycles. The molecule has 170 valence electrons. The van der Waals surface area contributed by atoms with E-state index in [4.69, 9.17) is 20.6 Å². The zero-order valence-corrected chi connectivity index (χ0v) is 20.8. The van der Waals surface area contributed by atoms with E-state index in [2.05, 4.69) is 9.71 Å². The lowest BCUT2D eigenvalue weighted by Crippen LogP contribution is -2.12. The molecule has 0 fully saturated rings. The molecule has 1 aliphatic carbocycles. The van der Waals surface area contributed by atoms with Gasteiger partial charge in [-0.05, 0) is 49.2 Å². The van der Waals surface area contributed by atoms with E-state index in [1.54, 1.807) is 32.0 Å². The molecular weight excluding hydrogens is 491 g/mol. The molecule has 4 rings (SSSR count). The van der Waals surface area contributed by atoms with Gasteiger partial charge in [-0.1, -0.05) is 29.8 Å². The summed E-state index contributed by atoms with van der Waals surface area (Å²) in [5.41, 5.74) is 3.52. The van der Waals surface area contributed by atoms with Gasteiger partial charge in [-0.25, -0.2) is 13.4 Å². The van der Waals surface area contributed by atoms with Gasteiger partial charge in [0.15, 0.2) is 5.13 Å².